The van der Waals surface area contributed by atoms with E-state index >= 15 is 0 Å². The van der Waals surface area contributed by atoms with E-state index in [1.165, 1.54) is 11.1 Å². The molecule has 0 spiro atoms. The molecule has 4 aromatic rings. The lowest BCUT2D eigenvalue weighted by Gasteiger charge is -2.23. The zero-order valence-electron chi connectivity index (χ0n) is 23.2. The maximum absolute atomic E-state index is 13.7. The second-order valence-corrected chi connectivity index (χ2v) is 12.5. The third kappa shape index (κ3) is 7.42. The number of fused-ring (bicyclic) bond motifs is 1. The van der Waals surface area contributed by atoms with Crippen LogP contribution in [0.3, 0.4) is 0 Å². The summed E-state index contributed by atoms with van der Waals surface area (Å²) in [5, 5.41) is 8.62. The predicted octanol–water partition coefficient (Wildman–Crippen LogP) is 8.57. The van der Waals surface area contributed by atoms with Gasteiger partial charge in [-0.05, 0) is 84.2 Å². The summed E-state index contributed by atoms with van der Waals surface area (Å²) in [5.74, 6) is 0.933. The van der Waals surface area contributed by atoms with Crippen LogP contribution in [-0.4, -0.2) is 35.0 Å². The molecule has 1 heterocycles. The van der Waals surface area contributed by atoms with Crippen LogP contribution in [0.1, 0.15) is 56.3 Å². The lowest BCUT2D eigenvalue weighted by molar-refractivity contribution is -0.118. The minimum Gasteiger partial charge on any atom is -0.490 e. The van der Waals surface area contributed by atoms with E-state index in [1.54, 1.807) is 42.6 Å². The number of carbonyl (C=O) groups excluding carboxylic acids is 1. The van der Waals surface area contributed by atoms with E-state index < -0.39 is 0 Å². The summed E-state index contributed by atoms with van der Waals surface area (Å²) in [6.45, 7) is 1.85. The number of aromatic nitrogens is 2. The molecule has 0 saturated heterocycles. The van der Waals surface area contributed by atoms with E-state index in [-0.39, 0.29) is 34.8 Å². The largest absolute Gasteiger partial charge is 0.490 e. The van der Waals surface area contributed by atoms with Crippen molar-refractivity contribution in [1.82, 2.24) is 9.66 Å². The zero-order valence-corrected chi connectivity index (χ0v) is 27.9. The number of amides is 1. The predicted molar refractivity (Wildman–Crippen MR) is 178 cm³/mol. The van der Waals surface area contributed by atoms with Gasteiger partial charge in [-0.15, -0.1) is 0 Å². The van der Waals surface area contributed by atoms with Crippen molar-refractivity contribution in [2.45, 2.75) is 44.9 Å². The molecule has 12 heteroatoms. The fourth-order valence-corrected chi connectivity index (χ4v) is 6.13. The van der Waals surface area contributed by atoms with Crippen LogP contribution in [0, 0.1) is 0 Å². The van der Waals surface area contributed by atoms with Gasteiger partial charge in [0.15, 0.2) is 18.1 Å². The molecule has 1 saturated carbocycles. The van der Waals surface area contributed by atoms with Gasteiger partial charge in [-0.25, -0.2) is 4.98 Å². The van der Waals surface area contributed by atoms with Gasteiger partial charge >= 0.3 is 0 Å². The van der Waals surface area contributed by atoms with Gasteiger partial charge in [0.2, 0.25) is 0 Å². The molecule has 1 aliphatic rings. The Bertz CT molecular complexity index is 1740. The molecule has 3 aromatic carbocycles. The lowest BCUT2D eigenvalue weighted by Crippen LogP contribution is -2.25. The number of nitrogens with one attached hydrogen (secondary N) is 1. The highest BCUT2D eigenvalue weighted by atomic mass is 79.9. The minimum atomic E-state index is -0.382. The number of hydrogen-bond acceptors (Lipinski definition) is 6. The van der Waals surface area contributed by atoms with Crippen LogP contribution in [0.25, 0.3) is 10.9 Å². The third-order valence-electron chi connectivity index (χ3n) is 7.05. The normalized spacial score (nSPS) is 13.9. The van der Waals surface area contributed by atoms with Gasteiger partial charge in [-0.1, -0.05) is 58.4 Å². The number of ether oxygens (including phenoxy) is 2. The Hall–Kier alpha value is -2.92. The minimum absolute atomic E-state index is 0.132. The van der Waals surface area contributed by atoms with Crippen molar-refractivity contribution in [3.8, 4) is 11.5 Å². The highest BCUT2D eigenvalue weighted by molar-refractivity contribution is 9.10. The van der Waals surface area contributed by atoms with E-state index in [9.17, 15) is 9.59 Å². The molecule has 0 atom stereocenters. The van der Waals surface area contributed by atoms with Crippen molar-refractivity contribution < 1.29 is 14.3 Å². The van der Waals surface area contributed by atoms with Gasteiger partial charge in [-0.3, -0.25) is 9.59 Å². The Morgan fingerprint density at radius 1 is 1.09 bits per heavy atom. The second kappa shape index (κ2) is 14.2. The van der Waals surface area contributed by atoms with Crippen molar-refractivity contribution in [2.75, 3.05) is 18.5 Å². The van der Waals surface area contributed by atoms with Crippen LogP contribution in [0.2, 0.25) is 10.0 Å². The SMILES string of the molecule is CCOc1cc(C=Nn2c(C3CCCCC3)nc3ccc(Br)cc3c2=O)c(Br)c(Cl)c1OCC(=O)Nc1ccc(Cl)cc1. The second-order valence-electron chi connectivity index (χ2n) is 10.0. The number of nitrogens with zero attached hydrogens (tertiary/aromatic N) is 3. The van der Waals surface area contributed by atoms with Gasteiger partial charge in [-0.2, -0.15) is 9.78 Å². The van der Waals surface area contributed by atoms with Gasteiger partial charge in [0.05, 0.1) is 23.7 Å². The monoisotopic (exact) mass is 748 g/mol. The van der Waals surface area contributed by atoms with Crippen molar-refractivity contribution in [1.29, 1.82) is 0 Å². The smallest absolute Gasteiger partial charge is 0.282 e. The molecule has 5 rings (SSSR count). The van der Waals surface area contributed by atoms with Crippen LogP contribution in [-0.2, 0) is 4.79 Å². The van der Waals surface area contributed by atoms with Gasteiger partial charge < -0.3 is 14.8 Å². The first-order chi connectivity index (χ1) is 20.7. The van der Waals surface area contributed by atoms with E-state index in [0.717, 1.165) is 30.2 Å². The molecule has 1 aliphatic carbocycles. The number of rotatable bonds is 9. The van der Waals surface area contributed by atoms with Crippen LogP contribution in [0.15, 0.2) is 67.4 Å². The lowest BCUT2D eigenvalue weighted by atomic mass is 9.88. The van der Waals surface area contributed by atoms with Crippen LogP contribution in [0.5, 0.6) is 11.5 Å². The Kier molecular flexibility index (Phi) is 10.4. The summed E-state index contributed by atoms with van der Waals surface area (Å²) in [4.78, 5) is 31.1. The molecular weight excluding hydrogens is 723 g/mol. The number of anilines is 1. The van der Waals surface area contributed by atoms with Crippen molar-refractivity contribution >= 4 is 83.8 Å². The summed E-state index contributed by atoms with van der Waals surface area (Å²) in [6.07, 6.45) is 6.79. The molecule has 0 bridgehead atoms. The molecule has 43 heavy (non-hydrogen) atoms. The van der Waals surface area contributed by atoms with Crippen molar-refractivity contribution in [3.05, 3.63) is 89.3 Å². The third-order valence-corrected chi connectivity index (χ3v) is 9.24. The average Bonchev–Trinajstić information content (AvgIpc) is 3.00. The number of carbonyl (C=O) groups is 1. The summed E-state index contributed by atoms with van der Waals surface area (Å²) >= 11 is 19.6. The summed E-state index contributed by atoms with van der Waals surface area (Å²) < 4.78 is 14.3. The average molecular weight is 751 g/mol. The quantitative estimate of drug-likeness (QED) is 0.173. The maximum atomic E-state index is 13.7. The van der Waals surface area contributed by atoms with Crippen molar-refractivity contribution in [2.24, 2.45) is 5.10 Å². The zero-order chi connectivity index (χ0) is 30.5. The fourth-order valence-electron chi connectivity index (χ4n) is 4.99. The topological polar surface area (TPSA) is 94.8 Å². The molecule has 1 amide bonds. The fraction of sp³-hybridized carbons (Fsp3) is 0.290. The number of halogens is 4. The number of benzene rings is 3. The van der Waals surface area contributed by atoms with Gasteiger partial charge in [0.1, 0.15) is 10.8 Å². The van der Waals surface area contributed by atoms with Crippen LogP contribution >= 0.6 is 55.1 Å². The first kappa shape index (κ1) is 31.5. The summed E-state index contributed by atoms with van der Waals surface area (Å²) in [7, 11) is 0. The molecule has 1 aromatic heterocycles. The molecule has 1 N–H and O–H groups in total. The Labute approximate surface area is 275 Å². The Balaban J connectivity index is 1.47. The van der Waals surface area contributed by atoms with E-state index in [1.807, 2.05) is 19.1 Å². The molecule has 224 valence electrons. The summed E-state index contributed by atoms with van der Waals surface area (Å²) in [5.41, 5.74) is 1.54. The molecule has 8 nitrogen and oxygen atoms in total. The summed E-state index contributed by atoms with van der Waals surface area (Å²) in [6, 6.07) is 13.9. The van der Waals surface area contributed by atoms with E-state index in [2.05, 4.69) is 42.3 Å². The molecular formula is C31H28Br2Cl2N4O4. The first-order valence-electron chi connectivity index (χ1n) is 13.8. The van der Waals surface area contributed by atoms with Gasteiger partial charge in [0, 0.05) is 31.1 Å². The van der Waals surface area contributed by atoms with Crippen molar-refractivity contribution in [3.63, 3.8) is 0 Å². The first-order valence-corrected chi connectivity index (χ1v) is 16.2. The van der Waals surface area contributed by atoms with Crippen LogP contribution < -0.4 is 20.3 Å². The molecule has 0 unspecified atom stereocenters. The maximum Gasteiger partial charge on any atom is 0.282 e. The highest BCUT2D eigenvalue weighted by Gasteiger charge is 2.23. The highest BCUT2D eigenvalue weighted by Crippen LogP contribution is 2.42. The molecule has 0 aliphatic heterocycles. The van der Waals surface area contributed by atoms with Crippen LogP contribution in [0.4, 0.5) is 5.69 Å². The number of hydrogen-bond donors (Lipinski definition) is 1. The Morgan fingerprint density at radius 3 is 2.56 bits per heavy atom. The van der Waals surface area contributed by atoms with Gasteiger partial charge in [0.25, 0.3) is 11.5 Å². The standard InChI is InChI=1S/C31H28Br2Cl2N4O4/c1-2-42-25-14-19(27(33)28(35)29(25)43-17-26(40)37-22-11-9-21(34)10-12-22)16-36-39-30(18-6-4-3-5-7-18)38-24-13-8-20(32)15-23(24)31(39)41/h8-16,18H,2-7,17H2,1H3,(H,37,40). The molecule has 1 fully saturated rings. The van der Waals surface area contributed by atoms with E-state index in [0.29, 0.717) is 49.8 Å². The Morgan fingerprint density at radius 2 is 1.84 bits per heavy atom. The van der Waals surface area contributed by atoms with E-state index in [4.69, 9.17) is 37.7 Å². The molecule has 0 radical (unpaired) electrons.